The molecule has 2 aromatic carbocycles. The summed E-state index contributed by atoms with van der Waals surface area (Å²) in [5, 5.41) is 11.0. The molecule has 0 fully saturated rings. The molecule has 0 saturated carbocycles. The first-order valence-corrected chi connectivity index (χ1v) is 8.78. The topological polar surface area (TPSA) is 93.0 Å². The fraction of sp³-hybridized carbons (Fsp3) is 0.300. The second-order valence-electron chi connectivity index (χ2n) is 6.32. The number of nitro groups is 1. The van der Waals surface area contributed by atoms with Gasteiger partial charge in [-0.05, 0) is 18.6 Å². The molecule has 0 unspecified atom stereocenters. The molecule has 0 saturated heterocycles. The zero-order valence-corrected chi connectivity index (χ0v) is 16.1. The van der Waals surface area contributed by atoms with Crippen molar-refractivity contribution in [2.75, 3.05) is 32.1 Å². The minimum absolute atomic E-state index is 0.0399. The number of rotatable bonds is 8. The van der Waals surface area contributed by atoms with Gasteiger partial charge in [0.2, 0.25) is 0 Å². The minimum atomic E-state index is -0.781. The molecular formula is C20H23N3O5. The molecule has 0 N–H and O–H groups in total. The predicted octanol–water partition coefficient (Wildman–Crippen LogP) is 2.87. The summed E-state index contributed by atoms with van der Waals surface area (Å²) >= 11 is 0. The van der Waals surface area contributed by atoms with E-state index in [-0.39, 0.29) is 17.2 Å². The number of non-ortho nitro benzene ring substituents is 1. The lowest BCUT2D eigenvalue weighted by Gasteiger charge is -2.21. The summed E-state index contributed by atoms with van der Waals surface area (Å²) in [5.74, 6) is -1.12. The molecule has 148 valence electrons. The number of hydrogen-bond donors (Lipinski definition) is 0. The summed E-state index contributed by atoms with van der Waals surface area (Å²) in [5.41, 5.74) is 1.26. The third-order valence-electron chi connectivity index (χ3n) is 4.17. The van der Waals surface area contributed by atoms with Crippen molar-refractivity contribution < 1.29 is 19.2 Å². The third kappa shape index (κ3) is 5.29. The quantitative estimate of drug-likeness (QED) is 0.394. The molecule has 0 bridgehead atoms. The highest BCUT2D eigenvalue weighted by Gasteiger charge is 2.21. The van der Waals surface area contributed by atoms with Crippen molar-refractivity contribution in [3.05, 3.63) is 69.8 Å². The van der Waals surface area contributed by atoms with Gasteiger partial charge in [-0.3, -0.25) is 14.9 Å². The lowest BCUT2D eigenvalue weighted by Crippen LogP contribution is -2.34. The third-order valence-corrected chi connectivity index (χ3v) is 4.17. The highest BCUT2D eigenvalue weighted by Crippen LogP contribution is 2.25. The highest BCUT2D eigenvalue weighted by molar-refractivity contribution is 5.97. The molecule has 0 radical (unpaired) electrons. The molecule has 8 nitrogen and oxygen atoms in total. The van der Waals surface area contributed by atoms with E-state index in [1.54, 1.807) is 23.9 Å². The van der Waals surface area contributed by atoms with Crippen LogP contribution in [0.15, 0.2) is 48.5 Å². The van der Waals surface area contributed by atoms with Crippen molar-refractivity contribution in [3.8, 4) is 0 Å². The zero-order valence-electron chi connectivity index (χ0n) is 16.1. The van der Waals surface area contributed by atoms with Crippen molar-refractivity contribution in [3.63, 3.8) is 0 Å². The van der Waals surface area contributed by atoms with Crippen molar-refractivity contribution in [2.45, 2.75) is 13.5 Å². The van der Waals surface area contributed by atoms with E-state index in [0.717, 1.165) is 11.6 Å². The second kappa shape index (κ2) is 9.50. The monoisotopic (exact) mass is 385 g/mol. The van der Waals surface area contributed by atoms with Crippen molar-refractivity contribution in [1.82, 2.24) is 4.90 Å². The van der Waals surface area contributed by atoms with E-state index in [1.807, 2.05) is 37.3 Å². The van der Waals surface area contributed by atoms with Crippen LogP contribution in [0.3, 0.4) is 0 Å². The van der Waals surface area contributed by atoms with Gasteiger partial charge in [0, 0.05) is 39.3 Å². The molecule has 0 atom stereocenters. The minimum Gasteiger partial charge on any atom is -0.452 e. The van der Waals surface area contributed by atoms with Crippen molar-refractivity contribution in [1.29, 1.82) is 0 Å². The molecule has 0 spiro atoms. The van der Waals surface area contributed by atoms with Crippen LogP contribution in [0, 0.1) is 10.1 Å². The van der Waals surface area contributed by atoms with Crippen LogP contribution in [0.1, 0.15) is 22.8 Å². The van der Waals surface area contributed by atoms with Crippen molar-refractivity contribution in [2.24, 2.45) is 0 Å². The SMILES string of the molecule is CCN(Cc1ccccc1)C(=O)COC(=O)c1cc([N+](=O)[O-])ccc1N(C)C. The Morgan fingerprint density at radius 3 is 2.36 bits per heavy atom. The first-order chi connectivity index (χ1) is 13.3. The molecule has 0 aliphatic rings. The Bertz CT molecular complexity index is 852. The van der Waals surface area contributed by atoms with Crippen LogP contribution in [0.5, 0.6) is 0 Å². The first kappa shape index (κ1) is 20.9. The maximum absolute atomic E-state index is 12.5. The summed E-state index contributed by atoms with van der Waals surface area (Å²) in [6.45, 7) is 2.28. The largest absolute Gasteiger partial charge is 0.452 e. The molecule has 0 aliphatic heterocycles. The number of nitro benzene ring substituents is 1. The maximum atomic E-state index is 12.5. The Kier molecular flexibility index (Phi) is 7.08. The van der Waals surface area contributed by atoms with Crippen LogP contribution in [0.25, 0.3) is 0 Å². The van der Waals surface area contributed by atoms with Crippen LogP contribution in [-0.2, 0) is 16.1 Å². The van der Waals surface area contributed by atoms with Gasteiger partial charge < -0.3 is 14.5 Å². The second-order valence-corrected chi connectivity index (χ2v) is 6.32. The molecule has 28 heavy (non-hydrogen) atoms. The number of carbonyl (C=O) groups is 2. The van der Waals surface area contributed by atoms with Gasteiger partial charge >= 0.3 is 5.97 Å². The standard InChI is InChI=1S/C20H23N3O5/c1-4-22(13-15-8-6-5-7-9-15)19(24)14-28-20(25)17-12-16(23(26)27)10-11-18(17)21(2)3/h5-12H,4,13-14H2,1-3H3. The normalized spacial score (nSPS) is 10.2. The summed E-state index contributed by atoms with van der Waals surface area (Å²) in [7, 11) is 3.42. The Morgan fingerprint density at radius 1 is 1.11 bits per heavy atom. The number of benzene rings is 2. The Morgan fingerprint density at radius 2 is 1.79 bits per heavy atom. The fourth-order valence-corrected chi connectivity index (χ4v) is 2.67. The fourth-order valence-electron chi connectivity index (χ4n) is 2.67. The Hall–Kier alpha value is -3.42. The molecule has 8 heteroatoms. The summed E-state index contributed by atoms with van der Waals surface area (Å²) in [4.78, 5) is 38.6. The molecule has 0 aromatic heterocycles. The van der Waals surface area contributed by atoms with Gasteiger partial charge in [-0.25, -0.2) is 4.79 Å². The van der Waals surface area contributed by atoms with Gasteiger partial charge in [-0.1, -0.05) is 30.3 Å². The molecule has 2 aromatic rings. The van der Waals surface area contributed by atoms with Crippen LogP contribution < -0.4 is 4.90 Å². The highest BCUT2D eigenvalue weighted by atomic mass is 16.6. The van der Waals surface area contributed by atoms with Crippen LogP contribution >= 0.6 is 0 Å². The van der Waals surface area contributed by atoms with E-state index in [2.05, 4.69) is 0 Å². The summed E-state index contributed by atoms with van der Waals surface area (Å²) in [6.07, 6.45) is 0. The lowest BCUT2D eigenvalue weighted by molar-refractivity contribution is -0.384. The lowest BCUT2D eigenvalue weighted by atomic mass is 10.1. The number of nitrogens with zero attached hydrogens (tertiary/aromatic N) is 3. The van der Waals surface area contributed by atoms with Gasteiger partial charge in [-0.2, -0.15) is 0 Å². The molecule has 1 amide bonds. The molecular weight excluding hydrogens is 362 g/mol. The van der Waals surface area contributed by atoms with E-state index in [1.165, 1.54) is 12.1 Å². The van der Waals surface area contributed by atoms with E-state index in [9.17, 15) is 19.7 Å². The smallest absolute Gasteiger partial charge is 0.341 e. The number of carbonyl (C=O) groups excluding carboxylic acids is 2. The average Bonchev–Trinajstić information content (AvgIpc) is 2.70. The van der Waals surface area contributed by atoms with Gasteiger partial charge in [0.05, 0.1) is 16.2 Å². The average molecular weight is 385 g/mol. The Labute approximate surface area is 163 Å². The van der Waals surface area contributed by atoms with Gasteiger partial charge in [0.15, 0.2) is 6.61 Å². The number of hydrogen-bond acceptors (Lipinski definition) is 6. The summed E-state index contributed by atoms with van der Waals surface area (Å²) < 4.78 is 5.16. The van der Waals surface area contributed by atoms with Crippen LogP contribution in [-0.4, -0.2) is 48.9 Å². The Balaban J connectivity index is 2.09. The molecule has 0 heterocycles. The van der Waals surface area contributed by atoms with Crippen molar-refractivity contribution >= 4 is 23.3 Å². The molecule has 0 aliphatic carbocycles. The van der Waals surface area contributed by atoms with E-state index >= 15 is 0 Å². The number of anilines is 1. The number of ether oxygens (including phenoxy) is 1. The number of amides is 1. The van der Waals surface area contributed by atoms with E-state index in [4.69, 9.17) is 4.74 Å². The van der Waals surface area contributed by atoms with Gasteiger partial charge in [-0.15, -0.1) is 0 Å². The van der Waals surface area contributed by atoms with E-state index < -0.39 is 17.5 Å². The van der Waals surface area contributed by atoms with Crippen LogP contribution in [0.4, 0.5) is 11.4 Å². The van der Waals surface area contributed by atoms with Gasteiger partial charge in [0.25, 0.3) is 11.6 Å². The zero-order chi connectivity index (χ0) is 20.7. The number of esters is 1. The predicted molar refractivity (Wildman–Crippen MR) is 105 cm³/mol. The maximum Gasteiger partial charge on any atom is 0.341 e. The van der Waals surface area contributed by atoms with Crippen LogP contribution in [0.2, 0.25) is 0 Å². The first-order valence-electron chi connectivity index (χ1n) is 8.78. The summed E-state index contributed by atoms with van der Waals surface area (Å²) in [6, 6.07) is 13.4. The molecule has 2 rings (SSSR count). The van der Waals surface area contributed by atoms with Gasteiger partial charge in [0.1, 0.15) is 0 Å². The number of likely N-dealkylation sites (N-methyl/N-ethyl adjacent to an activating group) is 1. The van der Waals surface area contributed by atoms with E-state index in [0.29, 0.717) is 18.8 Å².